The summed E-state index contributed by atoms with van der Waals surface area (Å²) >= 11 is 1.66. The molecule has 0 saturated carbocycles. The molecule has 2 amide bonds. The minimum Gasteiger partial charge on any atom is -0.350 e. The zero-order chi connectivity index (χ0) is 20.0. The number of thiophene rings is 1. The van der Waals surface area contributed by atoms with Crippen molar-refractivity contribution in [2.45, 2.75) is 39.3 Å². The van der Waals surface area contributed by atoms with Crippen molar-refractivity contribution in [3.05, 3.63) is 57.8 Å². The first-order chi connectivity index (χ1) is 12.7. The van der Waals surface area contributed by atoms with E-state index in [0.29, 0.717) is 0 Å². The number of likely N-dealkylation sites (N-methyl/N-ethyl adjacent to an activating group) is 1. The van der Waals surface area contributed by atoms with Gasteiger partial charge in [0.25, 0.3) is 0 Å². The Morgan fingerprint density at radius 1 is 1.15 bits per heavy atom. The predicted octanol–water partition coefficient (Wildman–Crippen LogP) is 3.11. The molecule has 5 nitrogen and oxygen atoms in total. The molecule has 2 rings (SSSR count). The van der Waals surface area contributed by atoms with Crippen LogP contribution in [0.3, 0.4) is 0 Å². The SMILES string of the molecule is Cc1ccc([C@@H](NCC(=O)N(C)CC(=O)NC(C)(C)C)c2cccs2)cc1. The number of rotatable bonds is 7. The van der Waals surface area contributed by atoms with Crippen molar-refractivity contribution in [3.63, 3.8) is 0 Å². The average molecular weight is 388 g/mol. The summed E-state index contributed by atoms with van der Waals surface area (Å²) in [5.74, 6) is -0.278. The van der Waals surface area contributed by atoms with Crippen molar-refractivity contribution in [1.82, 2.24) is 15.5 Å². The van der Waals surface area contributed by atoms with E-state index in [-0.39, 0.29) is 36.5 Å². The highest BCUT2D eigenvalue weighted by Gasteiger charge is 2.20. The van der Waals surface area contributed by atoms with Crippen molar-refractivity contribution in [2.75, 3.05) is 20.1 Å². The molecule has 2 N–H and O–H groups in total. The van der Waals surface area contributed by atoms with E-state index in [4.69, 9.17) is 0 Å². The number of amides is 2. The number of hydrogen-bond donors (Lipinski definition) is 2. The van der Waals surface area contributed by atoms with Crippen LogP contribution in [-0.2, 0) is 9.59 Å². The fourth-order valence-corrected chi connectivity index (χ4v) is 3.51. The highest BCUT2D eigenvalue weighted by atomic mass is 32.1. The van der Waals surface area contributed by atoms with Crippen LogP contribution in [0.2, 0.25) is 0 Å². The Balaban J connectivity index is 1.99. The van der Waals surface area contributed by atoms with Gasteiger partial charge in [0.15, 0.2) is 0 Å². The Kier molecular flexibility index (Phi) is 7.16. The minimum absolute atomic E-state index is 0.0476. The second-order valence-corrected chi connectivity index (χ2v) is 8.77. The Labute approximate surface area is 165 Å². The van der Waals surface area contributed by atoms with Gasteiger partial charge in [0.1, 0.15) is 0 Å². The van der Waals surface area contributed by atoms with Gasteiger partial charge in [-0.1, -0.05) is 35.9 Å². The molecule has 0 saturated heterocycles. The van der Waals surface area contributed by atoms with Gasteiger partial charge in [0.05, 0.1) is 19.1 Å². The first kappa shape index (κ1) is 21.1. The molecule has 2 aromatic rings. The number of nitrogens with one attached hydrogen (secondary N) is 2. The van der Waals surface area contributed by atoms with Crippen LogP contribution in [0.1, 0.15) is 42.8 Å². The quantitative estimate of drug-likeness (QED) is 0.767. The minimum atomic E-state index is -0.311. The molecule has 1 atom stereocenters. The van der Waals surface area contributed by atoms with Gasteiger partial charge in [0.2, 0.25) is 11.8 Å². The molecule has 27 heavy (non-hydrogen) atoms. The molecular formula is C21H29N3O2S. The van der Waals surface area contributed by atoms with Crippen LogP contribution in [0.4, 0.5) is 0 Å². The Morgan fingerprint density at radius 3 is 2.37 bits per heavy atom. The van der Waals surface area contributed by atoms with E-state index in [1.165, 1.54) is 10.5 Å². The second-order valence-electron chi connectivity index (χ2n) is 7.79. The monoisotopic (exact) mass is 387 g/mol. The topological polar surface area (TPSA) is 61.4 Å². The molecule has 0 aliphatic heterocycles. The fourth-order valence-electron chi connectivity index (χ4n) is 2.68. The molecule has 0 fully saturated rings. The summed E-state index contributed by atoms with van der Waals surface area (Å²) in [6.45, 7) is 8.02. The lowest BCUT2D eigenvalue weighted by molar-refractivity contribution is -0.134. The summed E-state index contributed by atoms with van der Waals surface area (Å²) in [4.78, 5) is 27.1. The Bertz CT molecular complexity index is 749. The normalized spacial score (nSPS) is 12.5. The molecule has 0 spiro atoms. The molecule has 0 unspecified atom stereocenters. The van der Waals surface area contributed by atoms with Gasteiger partial charge >= 0.3 is 0 Å². The van der Waals surface area contributed by atoms with E-state index in [1.54, 1.807) is 18.4 Å². The first-order valence-corrected chi connectivity index (χ1v) is 9.92. The first-order valence-electron chi connectivity index (χ1n) is 9.04. The summed E-state index contributed by atoms with van der Waals surface area (Å²) in [5, 5.41) is 8.25. The lowest BCUT2D eigenvalue weighted by Crippen LogP contribution is -2.47. The molecule has 6 heteroatoms. The van der Waals surface area contributed by atoms with Crippen LogP contribution in [0.15, 0.2) is 41.8 Å². The van der Waals surface area contributed by atoms with E-state index in [9.17, 15) is 9.59 Å². The smallest absolute Gasteiger partial charge is 0.240 e. The van der Waals surface area contributed by atoms with Crippen LogP contribution in [-0.4, -0.2) is 42.4 Å². The van der Waals surface area contributed by atoms with Crippen LogP contribution in [0.25, 0.3) is 0 Å². The molecular weight excluding hydrogens is 358 g/mol. The van der Waals surface area contributed by atoms with Crippen molar-refractivity contribution < 1.29 is 9.59 Å². The van der Waals surface area contributed by atoms with E-state index < -0.39 is 0 Å². The number of carbonyl (C=O) groups excluding carboxylic acids is 2. The zero-order valence-corrected chi connectivity index (χ0v) is 17.5. The van der Waals surface area contributed by atoms with Crippen molar-refractivity contribution in [1.29, 1.82) is 0 Å². The number of benzene rings is 1. The van der Waals surface area contributed by atoms with Gasteiger partial charge in [-0.15, -0.1) is 11.3 Å². The maximum atomic E-state index is 12.5. The largest absolute Gasteiger partial charge is 0.350 e. The zero-order valence-electron chi connectivity index (χ0n) is 16.7. The van der Waals surface area contributed by atoms with Crippen molar-refractivity contribution in [2.24, 2.45) is 0 Å². The van der Waals surface area contributed by atoms with Gasteiger partial charge in [-0.3, -0.25) is 14.9 Å². The third-order valence-electron chi connectivity index (χ3n) is 4.02. The third-order valence-corrected chi connectivity index (χ3v) is 4.95. The average Bonchev–Trinajstić information content (AvgIpc) is 3.08. The third kappa shape index (κ3) is 6.81. The lowest BCUT2D eigenvalue weighted by atomic mass is 10.0. The molecule has 1 aromatic heterocycles. The molecule has 1 heterocycles. The molecule has 146 valence electrons. The van der Waals surface area contributed by atoms with E-state index in [1.807, 2.05) is 32.2 Å². The maximum Gasteiger partial charge on any atom is 0.240 e. The Hall–Kier alpha value is -2.18. The van der Waals surface area contributed by atoms with E-state index in [2.05, 4.69) is 47.9 Å². The Morgan fingerprint density at radius 2 is 1.81 bits per heavy atom. The predicted molar refractivity (Wildman–Crippen MR) is 111 cm³/mol. The van der Waals surface area contributed by atoms with Crippen LogP contribution in [0, 0.1) is 6.92 Å². The standard InChI is InChI=1S/C21H29N3O2S/c1-15-8-10-16(11-9-15)20(17-7-6-12-27-17)22-13-19(26)24(5)14-18(25)23-21(2,3)4/h6-12,20,22H,13-14H2,1-5H3,(H,23,25)/t20-/m1/s1. The second kappa shape index (κ2) is 9.15. The van der Waals surface area contributed by atoms with Crippen LogP contribution >= 0.6 is 11.3 Å². The summed E-state index contributed by atoms with van der Waals surface area (Å²) in [6, 6.07) is 12.3. The molecule has 0 radical (unpaired) electrons. The maximum absolute atomic E-state index is 12.5. The number of carbonyl (C=O) groups is 2. The van der Waals surface area contributed by atoms with Crippen LogP contribution < -0.4 is 10.6 Å². The van der Waals surface area contributed by atoms with E-state index >= 15 is 0 Å². The number of hydrogen-bond acceptors (Lipinski definition) is 4. The number of nitrogens with zero attached hydrogens (tertiary/aromatic N) is 1. The molecule has 0 bridgehead atoms. The van der Waals surface area contributed by atoms with E-state index in [0.717, 1.165) is 10.4 Å². The van der Waals surface area contributed by atoms with Gasteiger partial charge in [-0.25, -0.2) is 0 Å². The summed E-state index contributed by atoms with van der Waals surface area (Å²) in [7, 11) is 1.65. The molecule has 1 aromatic carbocycles. The van der Waals surface area contributed by atoms with Gasteiger partial charge in [-0.05, 0) is 44.7 Å². The van der Waals surface area contributed by atoms with Gasteiger partial charge in [-0.2, -0.15) is 0 Å². The summed E-state index contributed by atoms with van der Waals surface area (Å²) in [6.07, 6.45) is 0. The molecule has 0 aliphatic rings. The highest BCUT2D eigenvalue weighted by molar-refractivity contribution is 7.10. The summed E-state index contributed by atoms with van der Waals surface area (Å²) in [5.41, 5.74) is 2.00. The summed E-state index contributed by atoms with van der Waals surface area (Å²) < 4.78 is 0. The van der Waals surface area contributed by atoms with Gasteiger partial charge < -0.3 is 10.2 Å². The number of aryl methyl sites for hydroxylation is 1. The highest BCUT2D eigenvalue weighted by Crippen LogP contribution is 2.26. The molecule has 0 aliphatic carbocycles. The fraction of sp³-hybridized carbons (Fsp3) is 0.429. The van der Waals surface area contributed by atoms with Gasteiger partial charge in [0, 0.05) is 17.5 Å². The van der Waals surface area contributed by atoms with Crippen molar-refractivity contribution in [3.8, 4) is 0 Å². The van der Waals surface area contributed by atoms with Crippen LogP contribution in [0.5, 0.6) is 0 Å². The lowest BCUT2D eigenvalue weighted by Gasteiger charge is -2.24. The van der Waals surface area contributed by atoms with Crippen molar-refractivity contribution >= 4 is 23.2 Å².